The van der Waals surface area contributed by atoms with Crippen LogP contribution in [0.4, 0.5) is 11.4 Å². The number of aryl methyl sites for hydroxylation is 1. The van der Waals surface area contributed by atoms with Gasteiger partial charge in [-0.05, 0) is 24.5 Å². The molecule has 1 aliphatic heterocycles. The van der Waals surface area contributed by atoms with E-state index in [4.69, 9.17) is 5.73 Å². The topological polar surface area (TPSA) is 64.1 Å². The number of nitrogen functional groups attached to an aromatic ring is 1. The lowest BCUT2D eigenvalue weighted by atomic mass is 10.0. The highest BCUT2D eigenvalue weighted by atomic mass is 16.2. The molecular formula is C14H16N4O. The molecule has 0 bridgehead atoms. The highest BCUT2D eigenvalue weighted by Gasteiger charge is 2.22. The summed E-state index contributed by atoms with van der Waals surface area (Å²) < 4.78 is 1.58. The lowest BCUT2D eigenvalue weighted by molar-refractivity contribution is -0.119. The molecule has 2 aromatic rings. The van der Waals surface area contributed by atoms with Crippen LogP contribution in [0, 0.1) is 0 Å². The zero-order valence-corrected chi connectivity index (χ0v) is 10.6. The predicted octanol–water partition coefficient (Wildman–Crippen LogP) is 1.44. The molecule has 1 aromatic heterocycles. The van der Waals surface area contributed by atoms with Gasteiger partial charge < -0.3 is 10.6 Å². The van der Waals surface area contributed by atoms with Gasteiger partial charge in [0, 0.05) is 18.4 Å². The number of amides is 1. The predicted molar refractivity (Wildman–Crippen MR) is 73.8 cm³/mol. The highest BCUT2D eigenvalue weighted by molar-refractivity contribution is 5.94. The Labute approximate surface area is 111 Å². The molecule has 19 heavy (non-hydrogen) atoms. The van der Waals surface area contributed by atoms with E-state index in [9.17, 15) is 4.79 Å². The van der Waals surface area contributed by atoms with Crippen LogP contribution in [-0.4, -0.2) is 22.2 Å². The van der Waals surface area contributed by atoms with E-state index >= 15 is 0 Å². The summed E-state index contributed by atoms with van der Waals surface area (Å²) >= 11 is 0. The third-order valence-corrected chi connectivity index (χ3v) is 3.36. The number of carbonyl (C=O) groups is 1. The maximum Gasteiger partial charge on any atom is 0.248 e. The molecule has 1 amide bonds. The first-order valence-corrected chi connectivity index (χ1v) is 6.40. The Kier molecular flexibility index (Phi) is 2.95. The molecule has 0 fully saturated rings. The first-order valence-electron chi connectivity index (χ1n) is 6.40. The largest absolute Gasteiger partial charge is 0.396 e. The Morgan fingerprint density at radius 2 is 2.21 bits per heavy atom. The molecule has 0 atom stereocenters. The summed E-state index contributed by atoms with van der Waals surface area (Å²) in [6.07, 6.45) is 5.27. The Morgan fingerprint density at radius 3 is 3.00 bits per heavy atom. The van der Waals surface area contributed by atoms with E-state index in [0.29, 0.717) is 5.69 Å². The second-order valence-corrected chi connectivity index (χ2v) is 4.75. The molecule has 5 nitrogen and oxygen atoms in total. The molecule has 0 radical (unpaired) electrons. The number of rotatable bonds is 2. The van der Waals surface area contributed by atoms with E-state index in [0.717, 1.165) is 25.1 Å². The number of aromatic nitrogens is 2. The molecule has 2 N–H and O–H groups in total. The van der Waals surface area contributed by atoms with Crippen molar-refractivity contribution in [1.82, 2.24) is 9.78 Å². The van der Waals surface area contributed by atoms with Crippen molar-refractivity contribution in [3.8, 4) is 0 Å². The fourth-order valence-electron chi connectivity index (χ4n) is 2.48. The van der Waals surface area contributed by atoms with Crippen molar-refractivity contribution in [2.45, 2.75) is 19.4 Å². The summed E-state index contributed by atoms with van der Waals surface area (Å²) in [7, 11) is 0. The van der Waals surface area contributed by atoms with Gasteiger partial charge in [-0.2, -0.15) is 5.10 Å². The fourth-order valence-corrected chi connectivity index (χ4v) is 2.48. The van der Waals surface area contributed by atoms with Crippen LogP contribution in [0.3, 0.4) is 0 Å². The monoisotopic (exact) mass is 256 g/mol. The maximum atomic E-state index is 12.4. The van der Waals surface area contributed by atoms with Gasteiger partial charge in [-0.1, -0.05) is 18.2 Å². The third-order valence-electron chi connectivity index (χ3n) is 3.36. The number of nitrogens with two attached hydrogens (primary N) is 1. The average molecular weight is 256 g/mol. The molecule has 2 heterocycles. The van der Waals surface area contributed by atoms with E-state index in [1.165, 1.54) is 5.56 Å². The van der Waals surface area contributed by atoms with E-state index < -0.39 is 0 Å². The van der Waals surface area contributed by atoms with Gasteiger partial charge in [0.1, 0.15) is 6.54 Å². The summed E-state index contributed by atoms with van der Waals surface area (Å²) in [4.78, 5) is 14.2. The van der Waals surface area contributed by atoms with Gasteiger partial charge in [0.05, 0.1) is 11.9 Å². The zero-order valence-electron chi connectivity index (χ0n) is 10.6. The molecule has 98 valence electrons. The van der Waals surface area contributed by atoms with Crippen LogP contribution in [0.1, 0.15) is 12.0 Å². The van der Waals surface area contributed by atoms with Crippen molar-refractivity contribution in [2.75, 3.05) is 17.2 Å². The third kappa shape index (κ3) is 2.31. The molecule has 0 saturated heterocycles. The number of fused-ring (bicyclic) bond motifs is 1. The average Bonchev–Trinajstić information content (AvgIpc) is 2.83. The summed E-state index contributed by atoms with van der Waals surface area (Å²) in [5.74, 6) is 0.0512. The summed E-state index contributed by atoms with van der Waals surface area (Å²) in [5, 5.41) is 4.05. The van der Waals surface area contributed by atoms with Crippen LogP contribution < -0.4 is 10.6 Å². The lowest BCUT2D eigenvalue weighted by Gasteiger charge is -2.29. The van der Waals surface area contributed by atoms with Gasteiger partial charge in [0.2, 0.25) is 5.91 Å². The van der Waals surface area contributed by atoms with Crippen LogP contribution in [0.15, 0.2) is 36.7 Å². The molecule has 1 aromatic carbocycles. The molecule has 5 heteroatoms. The summed E-state index contributed by atoms with van der Waals surface area (Å²) in [6, 6.07) is 8.07. The van der Waals surface area contributed by atoms with E-state index in [2.05, 4.69) is 11.2 Å². The molecule has 0 saturated carbocycles. The van der Waals surface area contributed by atoms with Crippen LogP contribution in [0.2, 0.25) is 0 Å². The fraction of sp³-hybridized carbons (Fsp3) is 0.286. The minimum Gasteiger partial charge on any atom is -0.396 e. The highest BCUT2D eigenvalue weighted by Crippen LogP contribution is 2.26. The Bertz CT molecular complexity index is 605. The van der Waals surface area contributed by atoms with Gasteiger partial charge in [-0.15, -0.1) is 0 Å². The van der Waals surface area contributed by atoms with Gasteiger partial charge in [0.15, 0.2) is 0 Å². The van der Waals surface area contributed by atoms with Crippen molar-refractivity contribution in [2.24, 2.45) is 0 Å². The minimum absolute atomic E-state index is 0.0512. The normalized spacial score (nSPS) is 14.2. The van der Waals surface area contributed by atoms with Gasteiger partial charge >= 0.3 is 0 Å². The smallest absolute Gasteiger partial charge is 0.248 e. The number of nitrogens with zero attached hydrogens (tertiary/aromatic N) is 3. The first kappa shape index (κ1) is 11.8. The van der Waals surface area contributed by atoms with E-state index in [-0.39, 0.29) is 12.5 Å². The summed E-state index contributed by atoms with van der Waals surface area (Å²) in [6.45, 7) is 0.998. The standard InChI is InChI=1S/C14H16N4O/c15-12-8-16-17(9-12)10-14(19)18-7-3-5-11-4-1-2-6-13(11)18/h1-2,4,6,8-9H,3,5,7,10,15H2. The number of hydrogen-bond donors (Lipinski definition) is 1. The van der Waals surface area contributed by atoms with Crippen LogP contribution >= 0.6 is 0 Å². The number of anilines is 2. The van der Waals surface area contributed by atoms with Crippen molar-refractivity contribution >= 4 is 17.3 Å². The molecule has 0 spiro atoms. The number of hydrogen-bond acceptors (Lipinski definition) is 3. The molecule has 3 rings (SSSR count). The first-order chi connectivity index (χ1) is 9.24. The molecular weight excluding hydrogens is 240 g/mol. The van der Waals surface area contributed by atoms with Gasteiger partial charge in [-0.25, -0.2) is 0 Å². The Morgan fingerprint density at radius 1 is 1.37 bits per heavy atom. The molecule has 1 aliphatic rings. The summed E-state index contributed by atoms with van der Waals surface area (Å²) in [5.41, 5.74) is 8.44. The second-order valence-electron chi connectivity index (χ2n) is 4.75. The molecule has 0 aliphatic carbocycles. The number of benzene rings is 1. The van der Waals surface area contributed by atoms with Crippen LogP contribution in [0.5, 0.6) is 0 Å². The maximum absolute atomic E-state index is 12.4. The number of para-hydroxylation sites is 1. The van der Waals surface area contributed by atoms with Gasteiger partial charge in [-0.3, -0.25) is 9.48 Å². The quantitative estimate of drug-likeness (QED) is 0.884. The zero-order chi connectivity index (χ0) is 13.2. The van der Waals surface area contributed by atoms with Gasteiger partial charge in [0.25, 0.3) is 0 Å². The minimum atomic E-state index is 0.0512. The Hall–Kier alpha value is -2.30. The van der Waals surface area contributed by atoms with Crippen molar-refractivity contribution in [1.29, 1.82) is 0 Å². The number of carbonyl (C=O) groups excluding carboxylic acids is 1. The van der Waals surface area contributed by atoms with Crippen molar-refractivity contribution < 1.29 is 4.79 Å². The second kappa shape index (κ2) is 4.76. The van der Waals surface area contributed by atoms with E-state index in [1.807, 2.05) is 23.1 Å². The van der Waals surface area contributed by atoms with Crippen molar-refractivity contribution in [3.63, 3.8) is 0 Å². The van der Waals surface area contributed by atoms with Crippen LogP contribution in [-0.2, 0) is 17.8 Å². The molecule has 0 unspecified atom stereocenters. The van der Waals surface area contributed by atoms with Crippen LogP contribution in [0.25, 0.3) is 0 Å². The van der Waals surface area contributed by atoms with E-state index in [1.54, 1.807) is 17.1 Å². The van der Waals surface area contributed by atoms with Crippen molar-refractivity contribution in [3.05, 3.63) is 42.2 Å². The SMILES string of the molecule is Nc1cnn(CC(=O)N2CCCc3ccccc32)c1. The lowest BCUT2D eigenvalue weighted by Crippen LogP contribution is -2.37. The Balaban J connectivity index is 1.81.